The van der Waals surface area contributed by atoms with Gasteiger partial charge < -0.3 is 5.73 Å². The Hall–Kier alpha value is -2.21. The summed E-state index contributed by atoms with van der Waals surface area (Å²) in [7, 11) is 0. The van der Waals surface area contributed by atoms with E-state index in [1.807, 2.05) is 43.3 Å². The number of para-hydroxylation sites is 1. The average Bonchev–Trinajstić information content (AvgIpc) is 2.81. The molecule has 0 unspecified atom stereocenters. The number of aromatic nitrogens is 3. The lowest BCUT2D eigenvalue weighted by molar-refractivity contribution is 0.640. The fraction of sp³-hybridized carbons (Fsp3) is 0.200. The molecule has 0 saturated heterocycles. The van der Waals surface area contributed by atoms with E-state index in [1.165, 1.54) is 4.68 Å². The van der Waals surface area contributed by atoms with E-state index >= 15 is 0 Å². The van der Waals surface area contributed by atoms with Crippen molar-refractivity contribution in [3.63, 3.8) is 0 Å². The third-order valence-corrected chi connectivity index (χ3v) is 4.39. The molecule has 0 aliphatic heterocycles. The van der Waals surface area contributed by atoms with Crippen LogP contribution in [0.1, 0.15) is 5.56 Å². The van der Waals surface area contributed by atoms with Crippen LogP contribution in [-0.4, -0.2) is 19.9 Å². The van der Waals surface area contributed by atoms with Crippen molar-refractivity contribution >= 4 is 23.1 Å². The standard InChI is InChI=1S/C15H16N4OS/c1-11-5-4-6-12(14(11)16)21-10-9-19-15(20)18-8-3-2-7-13(18)17-19/h2-8H,9-10,16H2,1H3. The van der Waals surface area contributed by atoms with Crippen molar-refractivity contribution in [1.82, 2.24) is 14.2 Å². The molecule has 0 radical (unpaired) electrons. The summed E-state index contributed by atoms with van der Waals surface area (Å²) in [4.78, 5) is 13.2. The Kier molecular flexibility index (Phi) is 3.70. The predicted molar refractivity (Wildman–Crippen MR) is 85.8 cm³/mol. The molecule has 21 heavy (non-hydrogen) atoms. The van der Waals surface area contributed by atoms with Gasteiger partial charge in [-0.25, -0.2) is 9.48 Å². The maximum absolute atomic E-state index is 12.1. The van der Waals surface area contributed by atoms with E-state index in [2.05, 4.69) is 5.10 Å². The Labute approximate surface area is 126 Å². The van der Waals surface area contributed by atoms with E-state index in [9.17, 15) is 4.79 Å². The number of rotatable bonds is 4. The van der Waals surface area contributed by atoms with E-state index < -0.39 is 0 Å². The molecule has 0 amide bonds. The third kappa shape index (κ3) is 2.67. The number of hydrogen-bond donors (Lipinski definition) is 1. The Morgan fingerprint density at radius 2 is 2.10 bits per heavy atom. The van der Waals surface area contributed by atoms with Crippen molar-refractivity contribution in [1.29, 1.82) is 0 Å². The molecule has 3 aromatic rings. The molecule has 6 heteroatoms. The van der Waals surface area contributed by atoms with Crippen LogP contribution in [0.25, 0.3) is 5.65 Å². The van der Waals surface area contributed by atoms with E-state index in [4.69, 9.17) is 5.73 Å². The first-order chi connectivity index (χ1) is 10.2. The van der Waals surface area contributed by atoms with Gasteiger partial charge in [0.25, 0.3) is 0 Å². The molecule has 0 bridgehead atoms. The summed E-state index contributed by atoms with van der Waals surface area (Å²) in [6, 6.07) is 11.5. The van der Waals surface area contributed by atoms with Crippen LogP contribution < -0.4 is 11.4 Å². The molecule has 0 saturated carbocycles. The molecule has 2 heterocycles. The molecule has 2 N–H and O–H groups in total. The van der Waals surface area contributed by atoms with Crippen LogP contribution in [0.2, 0.25) is 0 Å². The van der Waals surface area contributed by atoms with Crippen LogP contribution in [0.15, 0.2) is 52.3 Å². The van der Waals surface area contributed by atoms with Crippen molar-refractivity contribution < 1.29 is 0 Å². The summed E-state index contributed by atoms with van der Waals surface area (Å²) < 4.78 is 3.04. The number of anilines is 1. The minimum Gasteiger partial charge on any atom is -0.398 e. The van der Waals surface area contributed by atoms with Crippen molar-refractivity contribution in [2.45, 2.75) is 18.4 Å². The van der Waals surface area contributed by atoms with Gasteiger partial charge in [0.1, 0.15) is 0 Å². The normalized spacial score (nSPS) is 11.1. The number of fused-ring (bicyclic) bond motifs is 1. The predicted octanol–water partition coefficient (Wildman–Crippen LogP) is 2.18. The molecule has 2 aromatic heterocycles. The number of nitrogens with zero attached hydrogens (tertiary/aromatic N) is 3. The Morgan fingerprint density at radius 3 is 2.90 bits per heavy atom. The number of aryl methyl sites for hydroxylation is 2. The van der Waals surface area contributed by atoms with Crippen LogP contribution in [0.4, 0.5) is 5.69 Å². The first-order valence-corrected chi connectivity index (χ1v) is 7.67. The largest absolute Gasteiger partial charge is 0.398 e. The first-order valence-electron chi connectivity index (χ1n) is 6.69. The van der Waals surface area contributed by atoms with E-state index in [1.54, 1.807) is 22.4 Å². The van der Waals surface area contributed by atoms with Gasteiger partial charge in [-0.1, -0.05) is 18.2 Å². The third-order valence-electron chi connectivity index (χ3n) is 3.33. The second-order valence-corrected chi connectivity index (χ2v) is 5.91. The summed E-state index contributed by atoms with van der Waals surface area (Å²) >= 11 is 1.64. The quantitative estimate of drug-likeness (QED) is 0.592. The number of hydrogen-bond acceptors (Lipinski definition) is 4. The molecule has 0 aliphatic rings. The van der Waals surface area contributed by atoms with Crippen molar-refractivity contribution in [2.75, 3.05) is 11.5 Å². The Morgan fingerprint density at radius 1 is 1.24 bits per heavy atom. The number of thioether (sulfide) groups is 1. The van der Waals surface area contributed by atoms with Gasteiger partial charge in [0.05, 0.1) is 6.54 Å². The van der Waals surface area contributed by atoms with E-state index in [0.29, 0.717) is 12.2 Å². The molecule has 1 aromatic carbocycles. The van der Waals surface area contributed by atoms with Crippen molar-refractivity contribution in [2.24, 2.45) is 0 Å². The van der Waals surface area contributed by atoms with E-state index in [0.717, 1.165) is 21.9 Å². The van der Waals surface area contributed by atoms with Gasteiger partial charge in [-0.05, 0) is 30.7 Å². The number of nitrogen functional groups attached to an aromatic ring is 1. The van der Waals surface area contributed by atoms with Crippen LogP contribution >= 0.6 is 11.8 Å². The highest BCUT2D eigenvalue weighted by atomic mass is 32.2. The summed E-state index contributed by atoms with van der Waals surface area (Å²) in [5.74, 6) is 0.747. The Balaban J connectivity index is 1.74. The van der Waals surface area contributed by atoms with Gasteiger partial charge in [-0.15, -0.1) is 16.9 Å². The smallest absolute Gasteiger partial charge is 0.350 e. The summed E-state index contributed by atoms with van der Waals surface area (Å²) in [6.45, 7) is 2.55. The van der Waals surface area contributed by atoms with Crippen LogP contribution in [0.3, 0.4) is 0 Å². The van der Waals surface area contributed by atoms with Gasteiger partial charge in [-0.3, -0.25) is 4.40 Å². The van der Waals surface area contributed by atoms with Gasteiger partial charge in [-0.2, -0.15) is 0 Å². The second-order valence-electron chi connectivity index (χ2n) is 4.77. The van der Waals surface area contributed by atoms with Crippen molar-refractivity contribution in [3.8, 4) is 0 Å². The first kappa shape index (κ1) is 13.8. The molecule has 3 rings (SSSR count). The minimum absolute atomic E-state index is 0.108. The average molecular weight is 300 g/mol. The number of benzene rings is 1. The fourth-order valence-corrected chi connectivity index (χ4v) is 3.11. The lowest BCUT2D eigenvalue weighted by Gasteiger charge is -2.07. The molecule has 0 spiro atoms. The summed E-state index contributed by atoms with van der Waals surface area (Å²) in [6.07, 6.45) is 1.73. The number of pyridine rings is 1. The van der Waals surface area contributed by atoms with Gasteiger partial charge in [0.15, 0.2) is 5.65 Å². The molecule has 0 aliphatic carbocycles. The molecule has 108 valence electrons. The molecule has 0 atom stereocenters. The monoisotopic (exact) mass is 300 g/mol. The van der Waals surface area contributed by atoms with Crippen LogP contribution in [0.5, 0.6) is 0 Å². The highest BCUT2D eigenvalue weighted by molar-refractivity contribution is 7.99. The molecular formula is C15H16N4OS. The SMILES string of the molecule is Cc1cccc(SCCn2nc3ccccn3c2=O)c1N. The summed E-state index contributed by atoms with van der Waals surface area (Å²) in [5, 5.41) is 4.31. The molecule has 5 nitrogen and oxygen atoms in total. The van der Waals surface area contributed by atoms with Crippen molar-refractivity contribution in [3.05, 3.63) is 58.6 Å². The highest BCUT2D eigenvalue weighted by Crippen LogP contribution is 2.27. The van der Waals surface area contributed by atoms with Gasteiger partial charge in [0.2, 0.25) is 0 Å². The van der Waals surface area contributed by atoms with E-state index in [-0.39, 0.29) is 5.69 Å². The summed E-state index contributed by atoms with van der Waals surface area (Å²) in [5.41, 5.74) is 8.49. The maximum Gasteiger partial charge on any atom is 0.350 e. The highest BCUT2D eigenvalue weighted by Gasteiger charge is 2.07. The lowest BCUT2D eigenvalue weighted by Crippen LogP contribution is -2.22. The Bertz CT molecular complexity index is 837. The maximum atomic E-state index is 12.1. The second kappa shape index (κ2) is 5.65. The fourth-order valence-electron chi connectivity index (χ4n) is 2.14. The molecular weight excluding hydrogens is 284 g/mol. The zero-order valence-electron chi connectivity index (χ0n) is 11.7. The minimum atomic E-state index is -0.108. The molecule has 0 fully saturated rings. The van der Waals surface area contributed by atoms with Crippen LogP contribution in [-0.2, 0) is 6.54 Å². The number of nitrogens with two attached hydrogens (primary N) is 1. The lowest BCUT2D eigenvalue weighted by atomic mass is 10.2. The zero-order valence-corrected chi connectivity index (χ0v) is 12.5. The zero-order chi connectivity index (χ0) is 14.8. The van der Waals surface area contributed by atoms with Gasteiger partial charge >= 0.3 is 5.69 Å². The van der Waals surface area contributed by atoms with Gasteiger partial charge in [0, 0.05) is 22.5 Å². The van der Waals surface area contributed by atoms with Crippen LogP contribution in [0, 0.1) is 6.92 Å². The topological polar surface area (TPSA) is 65.3 Å².